The second kappa shape index (κ2) is 8.80. The Hall–Kier alpha value is -4.18. The number of hydrogen-bond acceptors (Lipinski definition) is 7. The van der Waals surface area contributed by atoms with Gasteiger partial charge >= 0.3 is 0 Å². The molecular formula is C26H25FN6O3. The highest BCUT2D eigenvalue weighted by molar-refractivity contribution is 6.06. The molecule has 3 N–H and O–H groups in total. The molecule has 1 saturated heterocycles. The van der Waals surface area contributed by atoms with Crippen LogP contribution >= 0.6 is 0 Å². The lowest BCUT2D eigenvalue weighted by Gasteiger charge is -2.31. The van der Waals surface area contributed by atoms with Gasteiger partial charge in [-0.05, 0) is 42.7 Å². The number of amides is 1. The molecule has 9 nitrogen and oxygen atoms in total. The fraction of sp³-hybridized carbons (Fsp3) is 0.269. The van der Waals surface area contributed by atoms with E-state index in [1.165, 1.54) is 13.2 Å². The number of aliphatic hydroxyl groups is 1. The number of aromatic nitrogens is 3. The fourth-order valence-corrected chi connectivity index (χ4v) is 4.99. The SMILES string of the molecule is COc1c(F)ccn2c(-c3ccc(Nc4ccc(N5CCC(O)CC5)cn4)c4c3CNC4=O)cnc12. The van der Waals surface area contributed by atoms with Crippen LogP contribution in [0.4, 0.5) is 21.6 Å². The van der Waals surface area contributed by atoms with Gasteiger partial charge in [0.2, 0.25) is 0 Å². The molecule has 4 aromatic rings. The lowest BCUT2D eigenvalue weighted by atomic mass is 9.99. The number of pyridine rings is 2. The van der Waals surface area contributed by atoms with Gasteiger partial charge in [0.15, 0.2) is 17.2 Å². The van der Waals surface area contributed by atoms with Crippen LogP contribution in [0.3, 0.4) is 0 Å². The Morgan fingerprint density at radius 1 is 1.14 bits per heavy atom. The largest absolute Gasteiger partial charge is 0.490 e. The number of aliphatic hydroxyl groups excluding tert-OH is 1. The minimum absolute atomic E-state index is 0.0723. The normalized spacial score (nSPS) is 15.8. The molecule has 0 radical (unpaired) electrons. The predicted octanol–water partition coefficient (Wildman–Crippen LogP) is 3.49. The second-order valence-electron chi connectivity index (χ2n) is 8.98. The van der Waals surface area contributed by atoms with E-state index < -0.39 is 5.82 Å². The number of nitrogens with zero attached hydrogens (tertiary/aromatic N) is 4. The van der Waals surface area contributed by atoms with Crippen LogP contribution in [0.15, 0.2) is 48.9 Å². The van der Waals surface area contributed by atoms with Gasteiger partial charge in [-0.25, -0.2) is 14.4 Å². The van der Waals surface area contributed by atoms with E-state index in [0.717, 1.165) is 48.4 Å². The van der Waals surface area contributed by atoms with Gasteiger partial charge in [-0.3, -0.25) is 9.20 Å². The molecule has 0 bridgehead atoms. The third-order valence-corrected chi connectivity index (χ3v) is 6.87. The van der Waals surface area contributed by atoms with Gasteiger partial charge in [-0.15, -0.1) is 0 Å². The number of hydrogen-bond donors (Lipinski definition) is 3. The fourth-order valence-electron chi connectivity index (χ4n) is 4.99. The number of halogens is 1. The van der Waals surface area contributed by atoms with E-state index in [1.807, 2.05) is 24.3 Å². The number of methoxy groups -OCH3 is 1. The summed E-state index contributed by atoms with van der Waals surface area (Å²) in [6.45, 7) is 1.97. The first-order valence-electron chi connectivity index (χ1n) is 11.8. The van der Waals surface area contributed by atoms with Crippen molar-refractivity contribution in [1.29, 1.82) is 0 Å². The van der Waals surface area contributed by atoms with Gasteiger partial charge in [0.05, 0.1) is 48.2 Å². The van der Waals surface area contributed by atoms with Crippen LogP contribution in [0.2, 0.25) is 0 Å². The molecule has 0 unspecified atom stereocenters. The van der Waals surface area contributed by atoms with Crippen LogP contribution in [0, 0.1) is 5.82 Å². The molecule has 1 aromatic carbocycles. The Morgan fingerprint density at radius 2 is 1.97 bits per heavy atom. The van der Waals surface area contributed by atoms with Crippen molar-refractivity contribution in [2.45, 2.75) is 25.5 Å². The molecule has 6 rings (SSSR count). The number of fused-ring (bicyclic) bond motifs is 2. The Bertz CT molecular complexity index is 1460. The maximum atomic E-state index is 14.1. The van der Waals surface area contributed by atoms with E-state index in [1.54, 1.807) is 23.0 Å². The molecule has 36 heavy (non-hydrogen) atoms. The lowest BCUT2D eigenvalue weighted by molar-refractivity contribution is 0.0966. The summed E-state index contributed by atoms with van der Waals surface area (Å²) < 4.78 is 21.1. The summed E-state index contributed by atoms with van der Waals surface area (Å²) in [4.78, 5) is 23.9. The maximum Gasteiger partial charge on any atom is 0.254 e. The van der Waals surface area contributed by atoms with Gasteiger partial charge in [0, 0.05) is 31.4 Å². The number of anilines is 3. The number of imidazole rings is 1. The molecule has 1 amide bonds. The van der Waals surface area contributed by atoms with Gasteiger partial charge < -0.3 is 25.4 Å². The molecule has 3 aromatic heterocycles. The molecule has 0 aliphatic carbocycles. The van der Waals surface area contributed by atoms with Crippen LogP contribution in [0.5, 0.6) is 5.75 Å². The standard InChI is InChI=1S/C26H25FN6O3/c1-36-24-19(27)8-11-33-21(14-29-25(24)33)17-3-4-20(23-18(17)13-30-26(23)35)31-22-5-2-15(12-28-22)32-9-6-16(34)7-10-32/h2-5,8,11-12,14,16,34H,6-7,9-10,13H2,1H3,(H,28,31)(H,30,35). The van der Waals surface area contributed by atoms with Crippen molar-refractivity contribution in [2.75, 3.05) is 30.4 Å². The van der Waals surface area contributed by atoms with Crippen LogP contribution < -0.4 is 20.3 Å². The van der Waals surface area contributed by atoms with Crippen molar-refractivity contribution < 1.29 is 19.0 Å². The molecular weight excluding hydrogens is 463 g/mol. The first-order valence-corrected chi connectivity index (χ1v) is 11.8. The molecule has 5 heterocycles. The molecule has 2 aliphatic rings. The number of piperidine rings is 1. The second-order valence-corrected chi connectivity index (χ2v) is 8.98. The van der Waals surface area contributed by atoms with E-state index in [0.29, 0.717) is 29.3 Å². The molecule has 2 aliphatic heterocycles. The van der Waals surface area contributed by atoms with E-state index in [9.17, 15) is 14.3 Å². The summed E-state index contributed by atoms with van der Waals surface area (Å²) >= 11 is 0. The molecule has 10 heteroatoms. The third kappa shape index (κ3) is 3.70. The highest BCUT2D eigenvalue weighted by Gasteiger charge is 2.28. The minimum Gasteiger partial charge on any atom is -0.490 e. The van der Waals surface area contributed by atoms with Crippen molar-refractivity contribution in [1.82, 2.24) is 19.7 Å². The molecule has 0 saturated carbocycles. The number of ether oxygens (including phenoxy) is 1. The number of benzene rings is 1. The van der Waals surface area contributed by atoms with E-state index in [2.05, 4.69) is 25.5 Å². The highest BCUT2D eigenvalue weighted by atomic mass is 19.1. The maximum absolute atomic E-state index is 14.1. The predicted molar refractivity (Wildman–Crippen MR) is 133 cm³/mol. The summed E-state index contributed by atoms with van der Waals surface area (Å²) in [5.74, 6) is 0.0408. The highest BCUT2D eigenvalue weighted by Crippen LogP contribution is 2.36. The van der Waals surface area contributed by atoms with Crippen molar-refractivity contribution in [3.8, 4) is 17.0 Å². The first-order chi connectivity index (χ1) is 17.5. The zero-order valence-corrected chi connectivity index (χ0v) is 19.7. The Labute approximate surface area is 206 Å². The molecule has 184 valence electrons. The quantitative estimate of drug-likeness (QED) is 0.395. The molecule has 0 spiro atoms. The number of carbonyl (C=O) groups is 1. The van der Waals surface area contributed by atoms with Gasteiger partial charge in [0.25, 0.3) is 5.91 Å². The van der Waals surface area contributed by atoms with Gasteiger partial charge in [-0.2, -0.15) is 0 Å². The Balaban J connectivity index is 1.32. The van der Waals surface area contributed by atoms with Crippen molar-refractivity contribution >= 4 is 28.7 Å². The summed E-state index contributed by atoms with van der Waals surface area (Å²) in [6, 6.07) is 8.98. The first kappa shape index (κ1) is 22.3. The average molecular weight is 489 g/mol. The van der Waals surface area contributed by atoms with Crippen molar-refractivity contribution in [2.24, 2.45) is 0 Å². The zero-order valence-electron chi connectivity index (χ0n) is 19.7. The Morgan fingerprint density at radius 3 is 2.72 bits per heavy atom. The number of rotatable bonds is 5. The lowest BCUT2D eigenvalue weighted by Crippen LogP contribution is -2.35. The van der Waals surface area contributed by atoms with Crippen molar-refractivity contribution in [3.05, 3.63) is 65.9 Å². The van der Waals surface area contributed by atoms with E-state index in [4.69, 9.17) is 4.74 Å². The van der Waals surface area contributed by atoms with E-state index >= 15 is 0 Å². The van der Waals surface area contributed by atoms with Crippen LogP contribution in [0.25, 0.3) is 16.9 Å². The summed E-state index contributed by atoms with van der Waals surface area (Å²) in [6.07, 6.45) is 6.34. The van der Waals surface area contributed by atoms with Gasteiger partial charge in [0.1, 0.15) is 5.82 Å². The summed E-state index contributed by atoms with van der Waals surface area (Å²) in [5.41, 5.74) is 4.97. The Kier molecular flexibility index (Phi) is 5.45. The van der Waals surface area contributed by atoms with Crippen molar-refractivity contribution in [3.63, 3.8) is 0 Å². The van der Waals surface area contributed by atoms with Crippen LogP contribution in [-0.2, 0) is 6.54 Å². The summed E-state index contributed by atoms with van der Waals surface area (Å²) in [5, 5.41) is 15.9. The monoisotopic (exact) mass is 488 g/mol. The number of carbonyl (C=O) groups excluding carboxylic acids is 1. The smallest absolute Gasteiger partial charge is 0.254 e. The molecule has 1 fully saturated rings. The van der Waals surface area contributed by atoms with Crippen LogP contribution in [-0.4, -0.2) is 51.7 Å². The van der Waals surface area contributed by atoms with E-state index in [-0.39, 0.29) is 17.8 Å². The van der Waals surface area contributed by atoms with Gasteiger partial charge in [-0.1, -0.05) is 6.07 Å². The zero-order chi connectivity index (χ0) is 24.8. The number of nitrogens with one attached hydrogen (secondary N) is 2. The average Bonchev–Trinajstić information content (AvgIpc) is 3.50. The van der Waals surface area contributed by atoms with Crippen LogP contribution in [0.1, 0.15) is 28.8 Å². The minimum atomic E-state index is -0.486. The third-order valence-electron chi connectivity index (χ3n) is 6.87. The molecule has 0 atom stereocenters. The topological polar surface area (TPSA) is 104 Å². The summed E-state index contributed by atoms with van der Waals surface area (Å²) in [7, 11) is 1.41.